The van der Waals surface area contributed by atoms with Gasteiger partial charge < -0.3 is 10.6 Å². The number of hydrogen-bond acceptors (Lipinski definition) is 3. The minimum absolute atomic E-state index is 0.0185. The second-order valence-corrected chi connectivity index (χ2v) is 4.68. The first-order chi connectivity index (χ1) is 9.51. The van der Waals surface area contributed by atoms with E-state index in [0.29, 0.717) is 0 Å². The van der Waals surface area contributed by atoms with E-state index >= 15 is 0 Å². The SMILES string of the molecule is CNc1nc(NC(C)c2ccc(C)cc2)c(F)cc1F. The first-order valence-corrected chi connectivity index (χ1v) is 6.38. The molecule has 3 nitrogen and oxygen atoms in total. The molecule has 0 aliphatic carbocycles. The molecule has 1 heterocycles. The Bertz CT molecular complexity index is 597. The van der Waals surface area contributed by atoms with E-state index in [4.69, 9.17) is 0 Å². The number of benzene rings is 1. The molecule has 0 bridgehead atoms. The second-order valence-electron chi connectivity index (χ2n) is 4.68. The Kier molecular flexibility index (Phi) is 4.17. The van der Waals surface area contributed by atoms with Crippen LogP contribution in [-0.4, -0.2) is 12.0 Å². The van der Waals surface area contributed by atoms with Crippen LogP contribution in [0.3, 0.4) is 0 Å². The van der Waals surface area contributed by atoms with Crippen molar-refractivity contribution in [2.24, 2.45) is 0 Å². The van der Waals surface area contributed by atoms with Gasteiger partial charge in [0.05, 0.1) is 6.04 Å². The summed E-state index contributed by atoms with van der Waals surface area (Å²) in [6, 6.07) is 8.60. The Morgan fingerprint density at radius 2 is 1.65 bits per heavy atom. The molecule has 0 radical (unpaired) electrons. The van der Waals surface area contributed by atoms with Gasteiger partial charge in [0, 0.05) is 13.1 Å². The lowest BCUT2D eigenvalue weighted by Crippen LogP contribution is -2.11. The summed E-state index contributed by atoms with van der Waals surface area (Å²) in [7, 11) is 1.54. The molecule has 0 spiro atoms. The molecular weight excluding hydrogens is 260 g/mol. The maximum atomic E-state index is 13.7. The van der Waals surface area contributed by atoms with Crippen LogP contribution in [0.5, 0.6) is 0 Å². The Balaban J connectivity index is 2.23. The maximum Gasteiger partial charge on any atom is 0.168 e. The smallest absolute Gasteiger partial charge is 0.168 e. The normalized spacial score (nSPS) is 12.1. The Labute approximate surface area is 117 Å². The van der Waals surface area contributed by atoms with E-state index in [1.54, 1.807) is 0 Å². The van der Waals surface area contributed by atoms with Crippen LogP contribution in [0.2, 0.25) is 0 Å². The van der Waals surface area contributed by atoms with E-state index in [-0.39, 0.29) is 17.7 Å². The molecule has 0 aliphatic heterocycles. The van der Waals surface area contributed by atoms with Gasteiger partial charge in [-0.1, -0.05) is 29.8 Å². The van der Waals surface area contributed by atoms with E-state index < -0.39 is 11.6 Å². The zero-order chi connectivity index (χ0) is 14.7. The first-order valence-electron chi connectivity index (χ1n) is 6.38. The third kappa shape index (κ3) is 3.04. The third-order valence-electron chi connectivity index (χ3n) is 3.10. The molecule has 1 unspecified atom stereocenters. The van der Waals surface area contributed by atoms with Crippen LogP contribution in [0.1, 0.15) is 24.1 Å². The fraction of sp³-hybridized carbons (Fsp3) is 0.267. The molecule has 0 saturated heterocycles. The van der Waals surface area contributed by atoms with E-state index in [1.807, 2.05) is 38.1 Å². The quantitative estimate of drug-likeness (QED) is 0.890. The molecule has 0 aliphatic rings. The molecule has 0 amide bonds. The van der Waals surface area contributed by atoms with Crippen LogP contribution in [0.4, 0.5) is 20.4 Å². The van der Waals surface area contributed by atoms with Gasteiger partial charge >= 0.3 is 0 Å². The van der Waals surface area contributed by atoms with Crippen molar-refractivity contribution in [2.75, 3.05) is 17.7 Å². The van der Waals surface area contributed by atoms with Gasteiger partial charge in [0.15, 0.2) is 23.3 Å². The van der Waals surface area contributed by atoms with Crippen molar-refractivity contribution in [3.8, 4) is 0 Å². The van der Waals surface area contributed by atoms with Crippen LogP contribution in [0.15, 0.2) is 30.3 Å². The second kappa shape index (κ2) is 5.86. The van der Waals surface area contributed by atoms with Crippen molar-refractivity contribution in [3.63, 3.8) is 0 Å². The van der Waals surface area contributed by atoms with Gasteiger partial charge in [-0.3, -0.25) is 0 Å². The van der Waals surface area contributed by atoms with Crippen LogP contribution >= 0.6 is 0 Å². The summed E-state index contributed by atoms with van der Waals surface area (Å²) in [6.45, 7) is 3.90. The molecular formula is C15H17F2N3. The number of hydrogen-bond donors (Lipinski definition) is 2. The highest BCUT2D eigenvalue weighted by Gasteiger charge is 2.13. The monoisotopic (exact) mass is 277 g/mol. The molecule has 5 heteroatoms. The molecule has 1 atom stereocenters. The molecule has 0 fully saturated rings. The van der Waals surface area contributed by atoms with Crippen molar-refractivity contribution < 1.29 is 8.78 Å². The summed E-state index contributed by atoms with van der Waals surface area (Å²) in [5.41, 5.74) is 2.16. The molecule has 106 valence electrons. The van der Waals surface area contributed by atoms with Crippen molar-refractivity contribution in [2.45, 2.75) is 19.9 Å². The summed E-state index contributed by atoms with van der Waals surface area (Å²) in [4.78, 5) is 3.90. The molecule has 2 rings (SSSR count). The van der Waals surface area contributed by atoms with E-state index in [0.717, 1.165) is 17.2 Å². The van der Waals surface area contributed by atoms with Crippen LogP contribution in [0, 0.1) is 18.6 Å². The molecule has 2 aromatic rings. The highest BCUT2D eigenvalue weighted by Crippen LogP contribution is 2.23. The van der Waals surface area contributed by atoms with Crippen molar-refractivity contribution in [3.05, 3.63) is 53.1 Å². The summed E-state index contributed by atoms with van der Waals surface area (Å²) in [5, 5.41) is 5.55. The lowest BCUT2D eigenvalue weighted by Gasteiger charge is -2.16. The largest absolute Gasteiger partial charge is 0.371 e. The minimum Gasteiger partial charge on any atom is -0.371 e. The van der Waals surface area contributed by atoms with Gasteiger partial charge in [0.2, 0.25) is 0 Å². The lowest BCUT2D eigenvalue weighted by atomic mass is 10.1. The van der Waals surface area contributed by atoms with Crippen molar-refractivity contribution in [1.29, 1.82) is 0 Å². The van der Waals surface area contributed by atoms with Crippen LogP contribution < -0.4 is 10.6 Å². The minimum atomic E-state index is -0.710. The fourth-order valence-corrected chi connectivity index (χ4v) is 1.89. The number of halogens is 2. The van der Waals surface area contributed by atoms with Crippen LogP contribution in [-0.2, 0) is 0 Å². The molecule has 2 N–H and O–H groups in total. The third-order valence-corrected chi connectivity index (χ3v) is 3.10. The summed E-state index contributed by atoms with van der Waals surface area (Å²) < 4.78 is 27.1. The molecule has 20 heavy (non-hydrogen) atoms. The number of anilines is 2. The van der Waals surface area contributed by atoms with E-state index in [9.17, 15) is 8.78 Å². The number of pyridine rings is 1. The molecule has 0 saturated carbocycles. The average Bonchev–Trinajstić information content (AvgIpc) is 2.42. The van der Waals surface area contributed by atoms with Gasteiger partial charge in [-0.2, -0.15) is 0 Å². The van der Waals surface area contributed by atoms with Gasteiger partial charge in [-0.05, 0) is 19.4 Å². The molecule has 1 aromatic heterocycles. The van der Waals surface area contributed by atoms with Gasteiger partial charge in [0.1, 0.15) is 0 Å². The number of nitrogens with one attached hydrogen (secondary N) is 2. The number of aromatic nitrogens is 1. The molecule has 1 aromatic carbocycles. The first kappa shape index (κ1) is 14.2. The van der Waals surface area contributed by atoms with Gasteiger partial charge in [-0.25, -0.2) is 13.8 Å². The summed E-state index contributed by atoms with van der Waals surface area (Å²) in [5.74, 6) is -1.37. The Morgan fingerprint density at radius 3 is 2.25 bits per heavy atom. The number of aryl methyl sites for hydroxylation is 1. The zero-order valence-electron chi connectivity index (χ0n) is 11.7. The standard InChI is InChI=1S/C15H17F2N3/c1-9-4-6-11(7-5-9)10(2)19-15-13(17)8-12(16)14(18-3)20-15/h4-8,10H,1-3H3,(H2,18,19,20). The summed E-state index contributed by atoms with van der Waals surface area (Å²) in [6.07, 6.45) is 0. The zero-order valence-corrected chi connectivity index (χ0v) is 11.7. The lowest BCUT2D eigenvalue weighted by molar-refractivity contribution is 0.577. The highest BCUT2D eigenvalue weighted by atomic mass is 19.1. The summed E-state index contributed by atoms with van der Waals surface area (Å²) >= 11 is 0. The predicted octanol–water partition coefficient (Wildman–Crippen LogP) is 3.88. The topological polar surface area (TPSA) is 37.0 Å². The number of rotatable bonds is 4. The van der Waals surface area contributed by atoms with Crippen LogP contribution in [0.25, 0.3) is 0 Å². The average molecular weight is 277 g/mol. The van der Waals surface area contributed by atoms with Gasteiger partial charge in [-0.15, -0.1) is 0 Å². The van der Waals surface area contributed by atoms with Gasteiger partial charge in [0.25, 0.3) is 0 Å². The number of nitrogens with zero attached hydrogens (tertiary/aromatic N) is 1. The maximum absolute atomic E-state index is 13.7. The highest BCUT2D eigenvalue weighted by molar-refractivity contribution is 5.48. The van der Waals surface area contributed by atoms with E-state index in [1.165, 1.54) is 7.05 Å². The van der Waals surface area contributed by atoms with Crippen molar-refractivity contribution >= 4 is 11.6 Å². The predicted molar refractivity (Wildman–Crippen MR) is 76.9 cm³/mol. The van der Waals surface area contributed by atoms with Crippen molar-refractivity contribution in [1.82, 2.24) is 4.98 Å². The fourth-order valence-electron chi connectivity index (χ4n) is 1.89. The Morgan fingerprint density at radius 1 is 1.05 bits per heavy atom. The van der Waals surface area contributed by atoms with E-state index in [2.05, 4.69) is 15.6 Å². The Hall–Kier alpha value is -2.17.